The van der Waals surface area contributed by atoms with Crippen molar-refractivity contribution in [2.24, 2.45) is 5.92 Å². The van der Waals surface area contributed by atoms with E-state index in [4.69, 9.17) is 4.74 Å². The molecule has 6 heteroatoms. The van der Waals surface area contributed by atoms with Gasteiger partial charge in [-0.3, -0.25) is 9.59 Å². The number of benzene rings is 2. The Morgan fingerprint density at radius 3 is 2.18 bits per heavy atom. The zero-order chi connectivity index (χ0) is 20.5. The first kappa shape index (κ1) is 21.4. The molecule has 2 aromatic carbocycles. The Hall–Kier alpha value is -2.86. The molecular weight excluding hydrogens is 356 g/mol. The second kappa shape index (κ2) is 10.5. The Morgan fingerprint density at radius 2 is 1.61 bits per heavy atom. The highest BCUT2D eigenvalue weighted by Gasteiger charge is 2.25. The number of aliphatic hydroxyl groups excluding tert-OH is 1. The number of carbonyl (C=O) groups excluding carboxylic acids is 2. The molecule has 0 saturated carbocycles. The first-order valence-electron chi connectivity index (χ1n) is 9.30. The van der Waals surface area contributed by atoms with Crippen molar-refractivity contribution in [1.82, 2.24) is 10.6 Å². The summed E-state index contributed by atoms with van der Waals surface area (Å²) in [6.45, 7) is 7.16. The molecule has 0 bridgehead atoms. The lowest BCUT2D eigenvalue weighted by molar-refractivity contribution is -0.124. The number of ether oxygens (including phenoxy) is 1. The van der Waals surface area contributed by atoms with Crippen LogP contribution < -0.4 is 15.4 Å². The van der Waals surface area contributed by atoms with Gasteiger partial charge in [0.1, 0.15) is 17.5 Å². The van der Waals surface area contributed by atoms with E-state index in [2.05, 4.69) is 10.6 Å². The van der Waals surface area contributed by atoms with E-state index in [1.807, 2.05) is 44.2 Å². The molecule has 149 valence electrons. The maximum Gasteiger partial charge on any atom is 0.252 e. The fourth-order valence-electron chi connectivity index (χ4n) is 2.41. The lowest BCUT2D eigenvalue weighted by Crippen LogP contribution is -2.51. The average Bonchev–Trinajstić information content (AvgIpc) is 2.66. The highest BCUT2D eigenvalue weighted by Crippen LogP contribution is 2.21. The van der Waals surface area contributed by atoms with Gasteiger partial charge in [-0.2, -0.15) is 0 Å². The minimum absolute atomic E-state index is 0.366. The fraction of sp³-hybridized carbons (Fsp3) is 0.318. The molecule has 0 aliphatic carbocycles. The van der Waals surface area contributed by atoms with Crippen molar-refractivity contribution in [3.8, 4) is 11.5 Å². The summed E-state index contributed by atoms with van der Waals surface area (Å²) in [5.74, 6) is 0.791. The Labute approximate surface area is 165 Å². The maximum atomic E-state index is 12.5. The molecule has 0 aliphatic rings. The zero-order valence-electron chi connectivity index (χ0n) is 16.4. The molecular formula is C22H27N2O4. The van der Waals surface area contributed by atoms with Crippen molar-refractivity contribution >= 4 is 11.8 Å². The average molecular weight is 383 g/mol. The van der Waals surface area contributed by atoms with Gasteiger partial charge in [-0.1, -0.05) is 32.0 Å². The summed E-state index contributed by atoms with van der Waals surface area (Å²) in [6, 6.07) is 14.8. The normalized spacial score (nSPS) is 12.9. The van der Waals surface area contributed by atoms with E-state index in [1.54, 1.807) is 30.8 Å². The van der Waals surface area contributed by atoms with Crippen LogP contribution in [0.4, 0.5) is 0 Å². The number of rotatable bonds is 9. The zero-order valence-corrected chi connectivity index (χ0v) is 16.4. The van der Waals surface area contributed by atoms with Gasteiger partial charge in [-0.15, -0.1) is 0 Å². The lowest BCUT2D eigenvalue weighted by Gasteiger charge is -2.21. The molecule has 6 nitrogen and oxygen atoms in total. The Morgan fingerprint density at radius 1 is 1.00 bits per heavy atom. The SMILES string of the molecule is CC(C)C[CH]NC(=O)[C@@H](NC(=O)c1ccc(Oc2ccccc2)cc1)[C@@H](C)O. The fourth-order valence-corrected chi connectivity index (χ4v) is 2.41. The minimum atomic E-state index is -1.05. The molecule has 0 fully saturated rings. The molecule has 1 radical (unpaired) electrons. The molecule has 2 rings (SSSR count). The van der Waals surface area contributed by atoms with Crippen LogP contribution in [-0.4, -0.2) is 29.1 Å². The minimum Gasteiger partial charge on any atom is -0.457 e. The van der Waals surface area contributed by atoms with Crippen LogP contribution in [-0.2, 0) is 4.79 Å². The Kier molecular flexibility index (Phi) is 8.02. The largest absolute Gasteiger partial charge is 0.457 e. The third-order valence-electron chi connectivity index (χ3n) is 3.98. The first-order valence-corrected chi connectivity index (χ1v) is 9.30. The van der Waals surface area contributed by atoms with Crippen LogP contribution >= 0.6 is 0 Å². The van der Waals surface area contributed by atoms with E-state index in [-0.39, 0.29) is 0 Å². The molecule has 2 amide bonds. The molecule has 3 N–H and O–H groups in total. The van der Waals surface area contributed by atoms with E-state index in [0.29, 0.717) is 29.4 Å². The topological polar surface area (TPSA) is 87.7 Å². The number of amides is 2. The van der Waals surface area contributed by atoms with E-state index in [0.717, 1.165) is 0 Å². The third kappa shape index (κ3) is 6.70. The molecule has 0 spiro atoms. The predicted molar refractivity (Wildman–Crippen MR) is 108 cm³/mol. The highest BCUT2D eigenvalue weighted by atomic mass is 16.5. The van der Waals surface area contributed by atoms with Crippen molar-refractivity contribution in [3.63, 3.8) is 0 Å². The van der Waals surface area contributed by atoms with Crippen molar-refractivity contribution in [3.05, 3.63) is 66.7 Å². The van der Waals surface area contributed by atoms with Gasteiger partial charge >= 0.3 is 0 Å². The van der Waals surface area contributed by atoms with Crippen LogP contribution in [0.2, 0.25) is 0 Å². The summed E-state index contributed by atoms with van der Waals surface area (Å²) < 4.78 is 5.69. The van der Waals surface area contributed by atoms with Crippen LogP contribution in [0.25, 0.3) is 0 Å². The van der Waals surface area contributed by atoms with Crippen LogP contribution in [0, 0.1) is 12.5 Å². The summed E-state index contributed by atoms with van der Waals surface area (Å²) in [7, 11) is 0. The van der Waals surface area contributed by atoms with Crippen molar-refractivity contribution < 1.29 is 19.4 Å². The van der Waals surface area contributed by atoms with E-state index in [1.165, 1.54) is 6.92 Å². The molecule has 28 heavy (non-hydrogen) atoms. The van der Waals surface area contributed by atoms with Gasteiger partial charge in [-0.25, -0.2) is 0 Å². The second-order valence-electron chi connectivity index (χ2n) is 6.97. The van der Waals surface area contributed by atoms with Crippen LogP contribution in [0.15, 0.2) is 54.6 Å². The number of hydrogen-bond donors (Lipinski definition) is 3. The predicted octanol–water partition coefficient (Wildman–Crippen LogP) is 3.28. The highest BCUT2D eigenvalue weighted by molar-refractivity contribution is 5.97. The molecule has 0 unspecified atom stereocenters. The summed E-state index contributed by atoms with van der Waals surface area (Å²) in [6.07, 6.45) is -0.327. The van der Waals surface area contributed by atoms with E-state index in [9.17, 15) is 14.7 Å². The molecule has 0 saturated heterocycles. The number of aliphatic hydroxyl groups is 1. The summed E-state index contributed by atoms with van der Waals surface area (Å²) in [4.78, 5) is 24.7. The second-order valence-corrected chi connectivity index (χ2v) is 6.97. The van der Waals surface area contributed by atoms with Gasteiger partial charge in [0.25, 0.3) is 5.91 Å². The van der Waals surface area contributed by atoms with E-state index < -0.39 is 24.0 Å². The summed E-state index contributed by atoms with van der Waals surface area (Å²) >= 11 is 0. The molecule has 0 aliphatic heterocycles. The van der Waals surface area contributed by atoms with Crippen molar-refractivity contribution in [2.45, 2.75) is 39.3 Å². The van der Waals surface area contributed by atoms with Crippen molar-refractivity contribution in [2.75, 3.05) is 0 Å². The van der Waals surface area contributed by atoms with Crippen molar-refractivity contribution in [1.29, 1.82) is 0 Å². The van der Waals surface area contributed by atoms with Gasteiger partial charge in [0.2, 0.25) is 5.91 Å². The van der Waals surface area contributed by atoms with Gasteiger partial charge in [0, 0.05) is 12.1 Å². The summed E-state index contributed by atoms with van der Waals surface area (Å²) in [5.41, 5.74) is 0.366. The van der Waals surface area contributed by atoms with Gasteiger partial charge in [0.05, 0.1) is 6.10 Å². The molecule has 2 atom stereocenters. The van der Waals surface area contributed by atoms with Crippen LogP contribution in [0.3, 0.4) is 0 Å². The molecule has 2 aromatic rings. The lowest BCUT2D eigenvalue weighted by atomic mass is 10.1. The van der Waals surface area contributed by atoms with Crippen LogP contribution in [0.1, 0.15) is 37.6 Å². The Bertz CT molecular complexity index is 758. The quantitative estimate of drug-likeness (QED) is 0.620. The summed E-state index contributed by atoms with van der Waals surface area (Å²) in [5, 5.41) is 15.1. The van der Waals surface area contributed by atoms with E-state index >= 15 is 0 Å². The smallest absolute Gasteiger partial charge is 0.252 e. The number of para-hydroxylation sites is 1. The number of nitrogens with one attached hydrogen (secondary N) is 2. The molecule has 0 aromatic heterocycles. The van der Waals surface area contributed by atoms with Crippen LogP contribution in [0.5, 0.6) is 11.5 Å². The number of hydrogen-bond acceptors (Lipinski definition) is 4. The van der Waals surface area contributed by atoms with Gasteiger partial charge < -0.3 is 20.5 Å². The molecule has 0 heterocycles. The maximum absolute atomic E-state index is 12.5. The monoisotopic (exact) mass is 383 g/mol. The third-order valence-corrected chi connectivity index (χ3v) is 3.98. The number of carbonyl (C=O) groups is 2. The van der Waals surface area contributed by atoms with Gasteiger partial charge in [-0.05, 0) is 55.7 Å². The standard InChI is InChI=1S/C22H27N2O4/c1-15(2)13-14-23-22(27)20(16(3)25)24-21(26)17-9-11-19(12-10-17)28-18-7-5-4-6-8-18/h4-12,14-16,20,25H,13H2,1-3H3,(H,23,27)(H,24,26)/t16-,20+/m1/s1. The Balaban J connectivity index is 1.96. The van der Waals surface area contributed by atoms with Gasteiger partial charge in [0.15, 0.2) is 0 Å². The first-order chi connectivity index (χ1) is 13.4.